The number of amides is 1. The van der Waals surface area contributed by atoms with Crippen molar-refractivity contribution < 1.29 is 53.1 Å². The first kappa shape index (κ1) is 21.9. The summed E-state index contributed by atoms with van der Waals surface area (Å²) in [5.74, 6) is -0.422. The van der Waals surface area contributed by atoms with Gasteiger partial charge in [-0.1, -0.05) is 5.16 Å². The van der Waals surface area contributed by atoms with Gasteiger partial charge < -0.3 is 44.9 Å². The van der Waals surface area contributed by atoms with E-state index < -0.39 is 5.91 Å². The summed E-state index contributed by atoms with van der Waals surface area (Å²) >= 11 is 0. The van der Waals surface area contributed by atoms with Crippen molar-refractivity contribution in [2.75, 3.05) is 0 Å². The maximum absolute atomic E-state index is 11.0. The van der Waals surface area contributed by atoms with E-state index in [0.29, 0.717) is 5.56 Å². The Labute approximate surface area is 161 Å². The molecule has 0 spiro atoms. The molecule has 0 saturated heterocycles. The zero-order valence-electron chi connectivity index (χ0n) is 12.8. The molecule has 8 heteroatoms. The average Bonchev–Trinajstić information content (AvgIpc) is 2.54. The van der Waals surface area contributed by atoms with Crippen molar-refractivity contribution in [3.05, 3.63) is 72.3 Å². The highest BCUT2D eigenvalue weighted by molar-refractivity contribution is 5.92. The highest BCUT2D eigenvalue weighted by Crippen LogP contribution is 1.93. The Morgan fingerprint density at radius 3 is 1.88 bits per heavy atom. The van der Waals surface area contributed by atoms with Crippen molar-refractivity contribution in [3.63, 3.8) is 0 Å². The van der Waals surface area contributed by atoms with Gasteiger partial charge in [-0.3, -0.25) is 4.79 Å². The molecule has 24 heavy (non-hydrogen) atoms. The first-order valence-electron chi connectivity index (χ1n) is 6.79. The molecule has 0 aliphatic rings. The van der Waals surface area contributed by atoms with E-state index in [0.717, 1.165) is 18.7 Å². The summed E-state index contributed by atoms with van der Waals surface area (Å²) in [6.45, 7) is 1.46. The number of oxime groups is 1. The van der Waals surface area contributed by atoms with Crippen LogP contribution in [0, 0.1) is 0 Å². The monoisotopic (exact) mass is 456 g/mol. The van der Waals surface area contributed by atoms with Crippen molar-refractivity contribution in [1.82, 2.24) is 0 Å². The number of hydrogen-bond acceptors (Lipinski definition) is 3. The van der Waals surface area contributed by atoms with Gasteiger partial charge in [0.25, 0.3) is 0 Å². The van der Waals surface area contributed by atoms with Gasteiger partial charge in [-0.25, -0.2) is 9.13 Å². The lowest BCUT2D eigenvalue weighted by molar-refractivity contribution is -0.691. The third-order valence-electron chi connectivity index (χ3n) is 3.10. The van der Waals surface area contributed by atoms with Crippen LogP contribution in [-0.4, -0.2) is 17.3 Å². The summed E-state index contributed by atoms with van der Waals surface area (Å²) in [6, 6.07) is 7.13. The first-order chi connectivity index (χ1) is 10.7. The quantitative estimate of drug-likeness (QED) is 0.149. The number of rotatable bonds is 6. The smallest absolute Gasteiger partial charge is 0.249 e. The van der Waals surface area contributed by atoms with Gasteiger partial charge in [0.05, 0.1) is 11.8 Å². The third-order valence-corrected chi connectivity index (χ3v) is 3.10. The number of carbonyl (C=O) groups excluding carboxylic acids is 1. The molecule has 0 bridgehead atoms. The molecular weight excluding hydrogens is 440 g/mol. The van der Waals surface area contributed by atoms with Gasteiger partial charge in [0.15, 0.2) is 37.9 Å². The van der Waals surface area contributed by atoms with Gasteiger partial charge in [0, 0.05) is 29.8 Å². The van der Waals surface area contributed by atoms with E-state index in [1.165, 1.54) is 6.21 Å². The van der Waals surface area contributed by atoms with Crippen LogP contribution in [0.25, 0.3) is 0 Å². The molecule has 0 aromatic carbocycles. The second kappa shape index (κ2) is 11.5. The number of nitrogens with zero attached hydrogens (tertiary/aromatic N) is 3. The number of halogens is 2. The van der Waals surface area contributed by atoms with Crippen LogP contribution in [0.4, 0.5) is 0 Å². The molecule has 0 atom stereocenters. The third kappa shape index (κ3) is 7.01. The van der Waals surface area contributed by atoms with Crippen LogP contribution >= 0.6 is 0 Å². The average molecular weight is 458 g/mol. The molecular formula is C16H18Br2N4O2. The van der Waals surface area contributed by atoms with Gasteiger partial charge in [-0.2, -0.15) is 0 Å². The number of aromatic nitrogens is 2. The van der Waals surface area contributed by atoms with E-state index in [9.17, 15) is 4.79 Å². The lowest BCUT2D eigenvalue weighted by Crippen LogP contribution is -3.00. The first-order valence-corrected chi connectivity index (χ1v) is 6.79. The maximum Gasteiger partial charge on any atom is 0.249 e. The molecule has 0 aliphatic heterocycles. The Morgan fingerprint density at radius 2 is 1.46 bits per heavy atom. The second-order valence-corrected chi connectivity index (χ2v) is 4.69. The minimum atomic E-state index is -0.422. The van der Waals surface area contributed by atoms with Crippen molar-refractivity contribution in [2.45, 2.75) is 13.1 Å². The van der Waals surface area contributed by atoms with E-state index in [1.54, 1.807) is 12.1 Å². The van der Waals surface area contributed by atoms with Crippen LogP contribution < -0.4 is 48.8 Å². The number of carbonyl (C=O) groups is 1. The fraction of sp³-hybridized carbons (Fsp3) is 0.125. The zero-order chi connectivity index (χ0) is 15.8. The molecule has 1 amide bonds. The molecule has 2 aromatic rings. The van der Waals surface area contributed by atoms with Gasteiger partial charge >= 0.3 is 0 Å². The summed E-state index contributed by atoms with van der Waals surface area (Å²) in [6.07, 6.45) is 12.9. The summed E-state index contributed by atoms with van der Waals surface area (Å²) < 4.78 is 3.96. The number of hydrogen-bond donors (Lipinski definition) is 2. The summed E-state index contributed by atoms with van der Waals surface area (Å²) in [5.41, 5.74) is 6.54. The second-order valence-electron chi connectivity index (χ2n) is 4.69. The van der Waals surface area contributed by atoms with Crippen LogP contribution in [0.15, 0.2) is 66.4 Å². The topological polar surface area (TPSA) is 83.4 Å². The van der Waals surface area contributed by atoms with E-state index in [4.69, 9.17) is 10.9 Å². The number of primary amides is 1. The van der Waals surface area contributed by atoms with Crippen molar-refractivity contribution >= 4 is 12.1 Å². The Morgan fingerprint density at radius 1 is 1.00 bits per heavy atom. The van der Waals surface area contributed by atoms with Gasteiger partial charge in [0.1, 0.15) is 0 Å². The molecule has 0 aliphatic carbocycles. The van der Waals surface area contributed by atoms with Crippen LogP contribution in [0.5, 0.6) is 0 Å². The van der Waals surface area contributed by atoms with E-state index in [-0.39, 0.29) is 34.0 Å². The van der Waals surface area contributed by atoms with Crippen LogP contribution in [0.2, 0.25) is 0 Å². The molecule has 3 N–H and O–H groups in total. The van der Waals surface area contributed by atoms with Gasteiger partial charge in [-0.15, -0.1) is 0 Å². The number of pyridine rings is 2. The van der Waals surface area contributed by atoms with E-state index in [2.05, 4.69) is 11.2 Å². The predicted molar refractivity (Wildman–Crippen MR) is 80.3 cm³/mol. The highest BCUT2D eigenvalue weighted by atomic mass is 79.9. The van der Waals surface area contributed by atoms with Gasteiger partial charge in [0.2, 0.25) is 5.91 Å². The Balaban J connectivity index is 0.00000264. The highest BCUT2D eigenvalue weighted by Gasteiger charge is 2.03. The lowest BCUT2D eigenvalue weighted by Gasteiger charge is -1.95. The van der Waals surface area contributed by atoms with E-state index >= 15 is 0 Å². The summed E-state index contributed by atoms with van der Waals surface area (Å²) in [7, 11) is 0. The SMILES string of the molecule is NC(=O)c1cc[n+](C/C=C/C[n+]2ccc(/C=N/O)cc2)cc1.[Br-].[Br-]. The number of allylic oxidation sites excluding steroid dienone is 2. The van der Waals surface area contributed by atoms with Crippen molar-refractivity contribution in [3.8, 4) is 0 Å². The zero-order valence-corrected chi connectivity index (χ0v) is 16.0. The molecule has 6 nitrogen and oxygen atoms in total. The lowest BCUT2D eigenvalue weighted by atomic mass is 10.2. The van der Waals surface area contributed by atoms with Gasteiger partial charge in [-0.05, 0) is 12.2 Å². The molecule has 128 valence electrons. The van der Waals surface area contributed by atoms with Crippen LogP contribution in [-0.2, 0) is 13.1 Å². The largest absolute Gasteiger partial charge is 1.00 e. The molecule has 0 radical (unpaired) electrons. The minimum Gasteiger partial charge on any atom is -1.00 e. The minimum absolute atomic E-state index is 0. The molecule has 0 saturated carbocycles. The molecule has 2 aromatic heterocycles. The number of nitrogens with two attached hydrogens (primary N) is 1. The summed E-state index contributed by atoms with van der Waals surface area (Å²) in [5, 5.41) is 11.4. The normalized spacial score (nSPS) is 10.3. The Kier molecular flexibility index (Phi) is 10.5. The fourth-order valence-electron chi connectivity index (χ4n) is 1.88. The van der Waals surface area contributed by atoms with Crippen LogP contribution in [0.1, 0.15) is 15.9 Å². The molecule has 2 heterocycles. The summed E-state index contributed by atoms with van der Waals surface area (Å²) in [4.78, 5) is 11.0. The predicted octanol–water partition coefficient (Wildman–Crippen LogP) is -5.57. The van der Waals surface area contributed by atoms with Crippen molar-refractivity contribution in [2.24, 2.45) is 10.9 Å². The Bertz CT molecular complexity index is 686. The van der Waals surface area contributed by atoms with Crippen LogP contribution in [0.3, 0.4) is 0 Å². The van der Waals surface area contributed by atoms with E-state index in [1.807, 2.05) is 52.1 Å². The fourth-order valence-corrected chi connectivity index (χ4v) is 1.88. The Hall–Kier alpha value is -2.06. The molecule has 2 rings (SSSR count). The standard InChI is InChI=1S/C16H16N4O2.2BrH/c17-16(21)15-5-11-20(12-6-15)8-2-1-7-19-9-3-14(4-10-19)13-18-22;;/h1-6,9-13H,7-8H2,(H-,17,21);2*1H/b2-1+;;. The van der Waals surface area contributed by atoms with Crippen molar-refractivity contribution in [1.29, 1.82) is 0 Å². The molecule has 0 fully saturated rings. The molecule has 0 unspecified atom stereocenters. The maximum atomic E-state index is 11.0.